The molecule has 0 N–H and O–H groups in total. The molecule has 4 rings (SSSR count). The lowest BCUT2D eigenvalue weighted by atomic mass is 9.88. The van der Waals surface area contributed by atoms with Gasteiger partial charge in [0.25, 0.3) is 0 Å². The van der Waals surface area contributed by atoms with E-state index in [0.29, 0.717) is 43.3 Å². The van der Waals surface area contributed by atoms with Crippen molar-refractivity contribution in [1.82, 2.24) is 15.1 Å². The van der Waals surface area contributed by atoms with E-state index in [-0.39, 0.29) is 11.8 Å². The van der Waals surface area contributed by atoms with Crippen LogP contribution in [0.1, 0.15) is 67.5 Å². The van der Waals surface area contributed by atoms with Crippen LogP contribution in [-0.4, -0.2) is 47.2 Å². The van der Waals surface area contributed by atoms with E-state index in [1.165, 1.54) is 29.5 Å². The molecule has 1 atom stereocenters. The molecule has 2 aliphatic rings. The van der Waals surface area contributed by atoms with Crippen LogP contribution in [0.3, 0.4) is 0 Å². The van der Waals surface area contributed by atoms with Gasteiger partial charge in [0.2, 0.25) is 11.8 Å². The zero-order valence-corrected chi connectivity index (χ0v) is 18.0. The molecular formula is C23H32N4O2. The van der Waals surface area contributed by atoms with Gasteiger partial charge >= 0.3 is 6.01 Å². The molecule has 29 heavy (non-hydrogen) atoms. The zero-order chi connectivity index (χ0) is 20.5. The second-order valence-corrected chi connectivity index (χ2v) is 8.94. The van der Waals surface area contributed by atoms with Gasteiger partial charge in [-0.05, 0) is 55.2 Å². The number of hydrogen-bond acceptors (Lipinski definition) is 5. The number of aryl methyl sites for hydroxylation is 2. The van der Waals surface area contributed by atoms with Crippen molar-refractivity contribution >= 4 is 11.9 Å². The number of carbonyl (C=O) groups excluding carboxylic acids is 1. The molecule has 1 aliphatic heterocycles. The molecule has 6 heteroatoms. The summed E-state index contributed by atoms with van der Waals surface area (Å²) in [6, 6.07) is 7.27. The van der Waals surface area contributed by atoms with E-state index >= 15 is 0 Å². The van der Waals surface area contributed by atoms with Crippen LogP contribution in [0.4, 0.5) is 6.01 Å². The molecule has 1 unspecified atom stereocenters. The number of aromatic nitrogens is 2. The molecule has 1 saturated carbocycles. The van der Waals surface area contributed by atoms with Crippen LogP contribution in [0.15, 0.2) is 22.6 Å². The molecular weight excluding hydrogens is 364 g/mol. The van der Waals surface area contributed by atoms with Crippen molar-refractivity contribution in [2.24, 2.45) is 5.92 Å². The number of piperazine rings is 1. The predicted molar refractivity (Wildman–Crippen MR) is 113 cm³/mol. The van der Waals surface area contributed by atoms with Gasteiger partial charge in [-0.3, -0.25) is 4.79 Å². The van der Waals surface area contributed by atoms with Crippen LogP contribution < -0.4 is 4.90 Å². The lowest BCUT2D eigenvalue weighted by molar-refractivity contribution is -0.132. The number of amides is 1. The van der Waals surface area contributed by atoms with E-state index in [4.69, 9.17) is 4.42 Å². The number of rotatable bonds is 6. The second kappa shape index (κ2) is 8.17. The summed E-state index contributed by atoms with van der Waals surface area (Å²) in [5, 5.41) is 8.29. The molecule has 1 aromatic heterocycles. The third-order valence-electron chi connectivity index (χ3n) is 6.37. The number of carbonyl (C=O) groups is 1. The third-order valence-corrected chi connectivity index (χ3v) is 6.37. The van der Waals surface area contributed by atoms with Crippen molar-refractivity contribution in [3.63, 3.8) is 0 Å². The summed E-state index contributed by atoms with van der Waals surface area (Å²) >= 11 is 0. The highest BCUT2D eigenvalue weighted by Gasteiger charge is 2.35. The van der Waals surface area contributed by atoms with Crippen molar-refractivity contribution in [2.75, 3.05) is 31.1 Å². The second-order valence-electron chi connectivity index (χ2n) is 8.94. The monoisotopic (exact) mass is 396 g/mol. The van der Waals surface area contributed by atoms with E-state index < -0.39 is 0 Å². The molecule has 6 nitrogen and oxygen atoms in total. The maximum atomic E-state index is 13.1. The van der Waals surface area contributed by atoms with Crippen LogP contribution in [-0.2, 0) is 4.79 Å². The Balaban J connectivity index is 1.36. The summed E-state index contributed by atoms with van der Waals surface area (Å²) in [5.41, 5.74) is 3.96. The van der Waals surface area contributed by atoms with Crippen molar-refractivity contribution < 1.29 is 9.21 Å². The number of anilines is 1. The Labute approximate surface area is 173 Å². The van der Waals surface area contributed by atoms with Gasteiger partial charge in [0, 0.05) is 38.5 Å². The Morgan fingerprint density at radius 3 is 2.41 bits per heavy atom. The molecule has 2 heterocycles. The van der Waals surface area contributed by atoms with Gasteiger partial charge in [-0.25, -0.2) is 0 Å². The van der Waals surface area contributed by atoms with Crippen LogP contribution >= 0.6 is 0 Å². The lowest BCUT2D eigenvalue weighted by Gasteiger charge is -2.34. The number of hydrogen-bond donors (Lipinski definition) is 0. The fraction of sp³-hybridized carbons (Fsp3) is 0.609. The van der Waals surface area contributed by atoms with Gasteiger partial charge in [-0.2, -0.15) is 0 Å². The minimum absolute atomic E-state index is 0.226. The minimum Gasteiger partial charge on any atom is -0.408 e. The first-order valence-electron chi connectivity index (χ1n) is 10.9. The smallest absolute Gasteiger partial charge is 0.318 e. The van der Waals surface area contributed by atoms with Crippen molar-refractivity contribution in [3.05, 3.63) is 40.8 Å². The average molecular weight is 397 g/mol. The molecule has 1 aliphatic carbocycles. The summed E-state index contributed by atoms with van der Waals surface area (Å²) in [7, 11) is 0. The first-order chi connectivity index (χ1) is 13.9. The SMILES string of the molecule is Cc1ccc(C(CC(=O)N2CCN(c3nnc(C(C)C)o3)CC2)C2CC2)cc1C. The minimum atomic E-state index is 0.226. The van der Waals surface area contributed by atoms with Gasteiger partial charge in [-0.15, -0.1) is 5.10 Å². The number of nitrogens with zero attached hydrogens (tertiary/aromatic N) is 4. The molecule has 156 valence electrons. The lowest BCUT2D eigenvalue weighted by Crippen LogP contribution is -2.49. The van der Waals surface area contributed by atoms with Gasteiger partial charge in [0.05, 0.1) is 0 Å². The highest BCUT2D eigenvalue weighted by Crippen LogP contribution is 2.45. The van der Waals surface area contributed by atoms with Crippen LogP contribution in [0.25, 0.3) is 0 Å². The van der Waals surface area contributed by atoms with Crippen LogP contribution in [0, 0.1) is 19.8 Å². The van der Waals surface area contributed by atoms with E-state index in [9.17, 15) is 4.79 Å². The highest BCUT2D eigenvalue weighted by molar-refractivity contribution is 5.77. The molecule has 2 aromatic rings. The molecule has 1 amide bonds. The molecule has 0 spiro atoms. The van der Waals surface area contributed by atoms with Gasteiger partial charge < -0.3 is 14.2 Å². The van der Waals surface area contributed by atoms with Crippen LogP contribution in [0.2, 0.25) is 0 Å². The molecule has 0 radical (unpaired) electrons. The Morgan fingerprint density at radius 1 is 1.10 bits per heavy atom. The fourth-order valence-corrected chi connectivity index (χ4v) is 4.10. The summed E-state index contributed by atoms with van der Waals surface area (Å²) in [5.74, 6) is 2.18. The quantitative estimate of drug-likeness (QED) is 0.737. The zero-order valence-electron chi connectivity index (χ0n) is 18.0. The van der Waals surface area contributed by atoms with Gasteiger partial charge in [-0.1, -0.05) is 37.1 Å². The highest BCUT2D eigenvalue weighted by atomic mass is 16.4. The summed E-state index contributed by atoms with van der Waals surface area (Å²) < 4.78 is 5.76. The van der Waals surface area contributed by atoms with E-state index in [1.807, 2.05) is 18.7 Å². The normalized spacial score (nSPS) is 18.4. The first kappa shape index (κ1) is 19.9. The summed E-state index contributed by atoms with van der Waals surface area (Å²) in [6.07, 6.45) is 3.10. The summed E-state index contributed by atoms with van der Waals surface area (Å²) in [4.78, 5) is 17.2. The largest absolute Gasteiger partial charge is 0.408 e. The molecule has 1 saturated heterocycles. The Bertz CT molecular complexity index is 864. The van der Waals surface area contributed by atoms with Crippen molar-refractivity contribution in [3.8, 4) is 0 Å². The van der Waals surface area contributed by atoms with Crippen molar-refractivity contribution in [1.29, 1.82) is 0 Å². The maximum Gasteiger partial charge on any atom is 0.318 e. The fourth-order valence-electron chi connectivity index (χ4n) is 4.10. The summed E-state index contributed by atoms with van der Waals surface area (Å²) in [6.45, 7) is 11.3. The Morgan fingerprint density at radius 2 is 1.83 bits per heavy atom. The average Bonchev–Trinajstić information content (AvgIpc) is 3.43. The third kappa shape index (κ3) is 4.46. The van der Waals surface area contributed by atoms with E-state index in [2.05, 4.69) is 47.1 Å². The maximum absolute atomic E-state index is 13.1. The van der Waals surface area contributed by atoms with Crippen LogP contribution in [0.5, 0.6) is 0 Å². The van der Waals surface area contributed by atoms with Crippen molar-refractivity contribution in [2.45, 2.75) is 58.8 Å². The Kier molecular flexibility index (Phi) is 5.61. The Hall–Kier alpha value is -2.37. The molecule has 0 bridgehead atoms. The topological polar surface area (TPSA) is 62.5 Å². The van der Waals surface area contributed by atoms with E-state index in [1.54, 1.807) is 0 Å². The molecule has 1 aromatic carbocycles. The molecule has 2 fully saturated rings. The standard InChI is InChI=1S/C23H32N4O2/c1-15(2)22-24-25-23(29-22)27-11-9-26(10-12-27)21(28)14-20(18-7-8-18)19-6-5-16(3)17(4)13-19/h5-6,13,15,18,20H,7-12,14H2,1-4H3. The van der Waals surface area contributed by atoms with Gasteiger partial charge in [0.1, 0.15) is 0 Å². The number of benzene rings is 1. The predicted octanol–water partition coefficient (Wildman–Crippen LogP) is 4.04. The van der Waals surface area contributed by atoms with Gasteiger partial charge in [0.15, 0.2) is 0 Å². The van der Waals surface area contributed by atoms with E-state index in [0.717, 1.165) is 13.1 Å². The first-order valence-corrected chi connectivity index (χ1v) is 10.9.